The zero-order valence-electron chi connectivity index (χ0n) is 16.7. The summed E-state index contributed by atoms with van der Waals surface area (Å²) in [6.45, 7) is 5.97. The van der Waals surface area contributed by atoms with Gasteiger partial charge in [-0.05, 0) is 50.7 Å². The monoisotopic (exact) mass is 416 g/mol. The summed E-state index contributed by atoms with van der Waals surface area (Å²) < 4.78 is 20.2. The summed E-state index contributed by atoms with van der Waals surface area (Å²) >= 11 is 0. The molecule has 0 radical (unpaired) electrons. The number of nitrogens with zero attached hydrogens (tertiary/aromatic N) is 3. The van der Waals surface area contributed by atoms with E-state index < -0.39 is 12.0 Å². The van der Waals surface area contributed by atoms with Gasteiger partial charge < -0.3 is 21.1 Å². The second-order valence-corrected chi connectivity index (χ2v) is 7.06. The molecule has 2 amide bonds. The van der Waals surface area contributed by atoms with Crippen LogP contribution in [-0.4, -0.2) is 47.2 Å². The Morgan fingerprint density at radius 1 is 1.37 bits per heavy atom. The number of hydrogen-bond acceptors (Lipinski definition) is 6. The first-order valence-electron chi connectivity index (χ1n) is 9.73. The van der Waals surface area contributed by atoms with E-state index in [-0.39, 0.29) is 35.4 Å². The number of aromatic nitrogens is 2. The van der Waals surface area contributed by atoms with E-state index in [2.05, 4.69) is 27.4 Å². The predicted octanol–water partition coefficient (Wildman–Crippen LogP) is 2.77. The average Bonchev–Trinajstić information content (AvgIpc) is 3.13. The molecule has 0 saturated heterocycles. The molecule has 1 saturated carbocycles. The van der Waals surface area contributed by atoms with Crippen LogP contribution >= 0.6 is 0 Å². The molecule has 1 aliphatic rings. The molecule has 1 aromatic carbocycles. The van der Waals surface area contributed by atoms with Gasteiger partial charge in [-0.2, -0.15) is 5.10 Å². The van der Waals surface area contributed by atoms with Crippen LogP contribution in [0.5, 0.6) is 0 Å². The Hall–Kier alpha value is -3.43. The summed E-state index contributed by atoms with van der Waals surface area (Å²) in [7, 11) is 0. The lowest BCUT2D eigenvalue weighted by atomic mass is 9.88. The zero-order chi connectivity index (χ0) is 21.7. The second kappa shape index (κ2) is 9.38. The SMILES string of the molecule is C=NC1C[C@H](OC(=O)NCC)CCC1n1cc(C(N)=O)c(Nc2ccc(F)cc2)n1. The third-order valence-corrected chi connectivity index (χ3v) is 5.01. The van der Waals surface area contributed by atoms with Gasteiger partial charge in [0.2, 0.25) is 0 Å². The van der Waals surface area contributed by atoms with Crippen LogP contribution in [0.4, 0.5) is 20.7 Å². The van der Waals surface area contributed by atoms with E-state index in [1.807, 2.05) is 6.92 Å². The average molecular weight is 416 g/mol. The van der Waals surface area contributed by atoms with Crippen LogP contribution < -0.4 is 16.4 Å². The summed E-state index contributed by atoms with van der Waals surface area (Å²) in [6, 6.07) is 5.26. The highest BCUT2D eigenvalue weighted by molar-refractivity contribution is 5.98. The minimum Gasteiger partial charge on any atom is -0.446 e. The Morgan fingerprint density at radius 3 is 2.73 bits per heavy atom. The lowest BCUT2D eigenvalue weighted by Crippen LogP contribution is -2.37. The van der Waals surface area contributed by atoms with Crippen molar-refractivity contribution in [2.75, 3.05) is 11.9 Å². The summed E-state index contributed by atoms with van der Waals surface area (Å²) in [5, 5.41) is 10.1. The van der Waals surface area contributed by atoms with Crippen LogP contribution in [0, 0.1) is 5.82 Å². The number of alkyl carbamates (subject to hydrolysis) is 1. The van der Waals surface area contributed by atoms with E-state index in [0.29, 0.717) is 31.5 Å². The summed E-state index contributed by atoms with van der Waals surface area (Å²) in [4.78, 5) is 27.8. The number of carbonyl (C=O) groups excluding carboxylic acids is 2. The van der Waals surface area contributed by atoms with Gasteiger partial charge in [-0.3, -0.25) is 14.5 Å². The molecule has 3 atom stereocenters. The molecule has 1 aromatic heterocycles. The molecule has 9 nitrogen and oxygen atoms in total. The number of carbonyl (C=O) groups is 2. The van der Waals surface area contributed by atoms with E-state index in [4.69, 9.17) is 10.5 Å². The number of hydrogen-bond donors (Lipinski definition) is 3. The minimum absolute atomic E-state index is 0.168. The van der Waals surface area contributed by atoms with Gasteiger partial charge in [0.25, 0.3) is 5.91 Å². The fourth-order valence-corrected chi connectivity index (χ4v) is 3.55. The Balaban J connectivity index is 1.77. The van der Waals surface area contributed by atoms with Crippen LogP contribution in [0.15, 0.2) is 35.5 Å². The van der Waals surface area contributed by atoms with Crippen molar-refractivity contribution < 1.29 is 18.7 Å². The number of nitrogens with two attached hydrogens (primary N) is 1. The Morgan fingerprint density at radius 2 is 2.10 bits per heavy atom. The number of halogens is 1. The number of ether oxygens (including phenoxy) is 1. The number of amides is 2. The quantitative estimate of drug-likeness (QED) is 0.599. The smallest absolute Gasteiger partial charge is 0.407 e. The normalized spacial score (nSPS) is 20.9. The molecule has 3 rings (SSSR count). The molecule has 2 unspecified atom stereocenters. The van der Waals surface area contributed by atoms with Crippen molar-refractivity contribution in [3.05, 3.63) is 41.8 Å². The molecular weight excluding hydrogens is 391 g/mol. The molecule has 2 aromatic rings. The number of aliphatic imine (C=N–C) groups is 1. The molecule has 30 heavy (non-hydrogen) atoms. The molecule has 0 aliphatic heterocycles. The topological polar surface area (TPSA) is 124 Å². The largest absolute Gasteiger partial charge is 0.446 e. The Labute approximate surface area is 173 Å². The zero-order valence-corrected chi connectivity index (χ0v) is 16.7. The molecular formula is C20H25FN6O3. The predicted molar refractivity (Wildman–Crippen MR) is 111 cm³/mol. The van der Waals surface area contributed by atoms with Crippen LogP contribution in [0.2, 0.25) is 0 Å². The Bertz CT molecular complexity index is 914. The van der Waals surface area contributed by atoms with Gasteiger partial charge in [-0.1, -0.05) is 0 Å². The van der Waals surface area contributed by atoms with E-state index in [1.54, 1.807) is 10.9 Å². The molecule has 1 aliphatic carbocycles. The van der Waals surface area contributed by atoms with E-state index in [9.17, 15) is 14.0 Å². The van der Waals surface area contributed by atoms with Crippen molar-refractivity contribution in [3.63, 3.8) is 0 Å². The summed E-state index contributed by atoms with van der Waals surface area (Å²) in [5.41, 5.74) is 6.30. The van der Waals surface area contributed by atoms with E-state index in [0.717, 1.165) is 0 Å². The van der Waals surface area contributed by atoms with E-state index >= 15 is 0 Å². The van der Waals surface area contributed by atoms with Gasteiger partial charge in [-0.15, -0.1) is 0 Å². The van der Waals surface area contributed by atoms with Gasteiger partial charge in [0.1, 0.15) is 17.5 Å². The van der Waals surface area contributed by atoms with Gasteiger partial charge in [-0.25, -0.2) is 9.18 Å². The third kappa shape index (κ3) is 4.94. The second-order valence-electron chi connectivity index (χ2n) is 7.06. The maximum atomic E-state index is 13.1. The van der Waals surface area contributed by atoms with Gasteiger partial charge in [0, 0.05) is 24.8 Å². The van der Waals surface area contributed by atoms with Crippen molar-refractivity contribution in [1.82, 2.24) is 15.1 Å². The molecule has 160 valence electrons. The summed E-state index contributed by atoms with van der Waals surface area (Å²) in [6.07, 6.45) is 2.60. The van der Waals surface area contributed by atoms with Crippen LogP contribution in [-0.2, 0) is 4.74 Å². The maximum absolute atomic E-state index is 13.1. The summed E-state index contributed by atoms with van der Waals surface area (Å²) in [5.74, 6) is -0.729. The lowest BCUT2D eigenvalue weighted by Gasteiger charge is -2.33. The third-order valence-electron chi connectivity index (χ3n) is 5.01. The van der Waals surface area contributed by atoms with Gasteiger partial charge in [0.05, 0.1) is 12.1 Å². The molecule has 10 heteroatoms. The van der Waals surface area contributed by atoms with Crippen molar-refractivity contribution in [1.29, 1.82) is 0 Å². The molecule has 0 bridgehead atoms. The van der Waals surface area contributed by atoms with Crippen LogP contribution in [0.1, 0.15) is 42.6 Å². The fraction of sp³-hybridized carbons (Fsp3) is 0.400. The van der Waals surface area contributed by atoms with Crippen molar-refractivity contribution in [2.45, 2.75) is 44.4 Å². The van der Waals surface area contributed by atoms with Crippen LogP contribution in [0.3, 0.4) is 0 Å². The van der Waals surface area contributed by atoms with Crippen molar-refractivity contribution in [2.24, 2.45) is 10.7 Å². The molecule has 4 N–H and O–H groups in total. The number of anilines is 2. The minimum atomic E-state index is -0.637. The standard InChI is InChI=1S/C20H25FN6O3/c1-3-24-20(29)30-14-8-9-17(16(10-14)23-2)27-11-15(18(22)28)19(26-27)25-13-6-4-12(21)5-7-13/h4-7,11,14,16-17H,2-3,8-10H2,1H3,(H2,22,28)(H,24,29)(H,25,26)/t14-,16?,17?/m1/s1. The number of rotatable bonds is 7. The molecule has 1 heterocycles. The first-order valence-corrected chi connectivity index (χ1v) is 9.73. The van der Waals surface area contributed by atoms with E-state index in [1.165, 1.54) is 24.3 Å². The molecule has 0 spiro atoms. The highest BCUT2D eigenvalue weighted by atomic mass is 19.1. The highest BCUT2D eigenvalue weighted by Crippen LogP contribution is 2.33. The van der Waals surface area contributed by atoms with Crippen molar-refractivity contribution >= 4 is 30.2 Å². The number of benzene rings is 1. The van der Waals surface area contributed by atoms with Crippen LogP contribution in [0.25, 0.3) is 0 Å². The Kier molecular flexibility index (Phi) is 6.65. The van der Waals surface area contributed by atoms with Crippen molar-refractivity contribution in [3.8, 4) is 0 Å². The van der Waals surface area contributed by atoms with Gasteiger partial charge in [0.15, 0.2) is 5.82 Å². The fourth-order valence-electron chi connectivity index (χ4n) is 3.55. The first-order chi connectivity index (χ1) is 14.4. The molecule has 1 fully saturated rings. The van der Waals surface area contributed by atoms with Gasteiger partial charge >= 0.3 is 6.09 Å². The highest BCUT2D eigenvalue weighted by Gasteiger charge is 2.34. The number of primary amides is 1. The number of nitrogens with one attached hydrogen (secondary N) is 2. The first kappa shape index (κ1) is 21.3. The maximum Gasteiger partial charge on any atom is 0.407 e. The lowest BCUT2D eigenvalue weighted by molar-refractivity contribution is 0.0577.